The molecule has 1 saturated heterocycles. The number of β-amino-alcohol motifs (C(OH)–C–C–N with tert-alkyl or cyclic N) is 1. The SMILES string of the molecule is Cc1ccnc(S[C@@H]2CCN(C[C@@H](O)[C@H](Cc3ccccc3)NC(=O)[C@@H](NC(=O)c3ccc4ccccc4n3)C(C)C)C(C(=O)NC(C)(C)C)C2)n1. The highest BCUT2D eigenvalue weighted by molar-refractivity contribution is 7.99. The lowest BCUT2D eigenvalue weighted by molar-refractivity contribution is -0.130. The predicted molar refractivity (Wildman–Crippen MR) is 205 cm³/mol. The van der Waals surface area contributed by atoms with Crippen molar-refractivity contribution in [2.75, 3.05) is 13.1 Å². The zero-order chi connectivity index (χ0) is 37.4. The van der Waals surface area contributed by atoms with Crippen LogP contribution in [-0.2, 0) is 16.0 Å². The summed E-state index contributed by atoms with van der Waals surface area (Å²) in [5, 5.41) is 22.7. The molecule has 0 aliphatic carbocycles. The molecule has 12 heteroatoms. The first-order valence-electron chi connectivity index (χ1n) is 18.0. The van der Waals surface area contributed by atoms with E-state index in [1.165, 1.54) is 0 Å². The van der Waals surface area contributed by atoms with E-state index < -0.39 is 41.6 Å². The number of aliphatic hydroxyl groups is 1. The monoisotopic (exact) mass is 725 g/mol. The van der Waals surface area contributed by atoms with Crippen LogP contribution in [0.15, 0.2) is 84.1 Å². The zero-order valence-corrected chi connectivity index (χ0v) is 31.7. The van der Waals surface area contributed by atoms with Crippen LogP contribution in [0.1, 0.15) is 69.2 Å². The molecule has 4 N–H and O–H groups in total. The van der Waals surface area contributed by atoms with Crippen molar-refractivity contribution in [2.24, 2.45) is 5.92 Å². The van der Waals surface area contributed by atoms with Crippen molar-refractivity contribution < 1.29 is 19.5 Å². The summed E-state index contributed by atoms with van der Waals surface area (Å²) in [7, 11) is 0. The van der Waals surface area contributed by atoms with Crippen LogP contribution < -0.4 is 16.0 Å². The fraction of sp³-hybridized carbons (Fsp3) is 0.450. The number of nitrogens with one attached hydrogen (secondary N) is 3. The maximum atomic E-state index is 14.0. The largest absolute Gasteiger partial charge is 0.390 e. The zero-order valence-electron chi connectivity index (χ0n) is 30.9. The Morgan fingerprint density at radius 2 is 1.69 bits per heavy atom. The third-order valence-corrected chi connectivity index (χ3v) is 10.3. The van der Waals surface area contributed by atoms with Crippen LogP contribution in [0.3, 0.4) is 0 Å². The number of nitrogens with zero attached hydrogens (tertiary/aromatic N) is 4. The molecule has 4 aromatic rings. The number of thioether (sulfide) groups is 1. The highest BCUT2D eigenvalue weighted by Crippen LogP contribution is 2.32. The van der Waals surface area contributed by atoms with E-state index in [1.807, 2.05) is 113 Å². The Kier molecular flexibility index (Phi) is 13.0. The van der Waals surface area contributed by atoms with Gasteiger partial charge in [0.05, 0.1) is 23.7 Å². The molecule has 3 amide bonds. The summed E-state index contributed by atoms with van der Waals surface area (Å²) < 4.78 is 0. The van der Waals surface area contributed by atoms with Gasteiger partial charge >= 0.3 is 0 Å². The number of hydrogen-bond acceptors (Lipinski definition) is 9. The number of amides is 3. The van der Waals surface area contributed by atoms with Gasteiger partial charge < -0.3 is 21.1 Å². The number of likely N-dealkylation sites (tertiary alicyclic amines) is 1. The molecule has 5 rings (SSSR count). The molecule has 11 nitrogen and oxygen atoms in total. The summed E-state index contributed by atoms with van der Waals surface area (Å²) >= 11 is 1.58. The third-order valence-electron chi connectivity index (χ3n) is 9.09. The molecule has 1 aliphatic heterocycles. The van der Waals surface area contributed by atoms with E-state index in [-0.39, 0.29) is 29.3 Å². The molecule has 0 spiro atoms. The van der Waals surface area contributed by atoms with Gasteiger partial charge in [0.1, 0.15) is 11.7 Å². The Morgan fingerprint density at radius 1 is 0.962 bits per heavy atom. The number of aliphatic hydroxyl groups excluding tert-OH is 1. The number of fused-ring (bicyclic) bond motifs is 1. The highest BCUT2D eigenvalue weighted by atomic mass is 32.2. The third kappa shape index (κ3) is 10.8. The maximum Gasteiger partial charge on any atom is 0.270 e. The van der Waals surface area contributed by atoms with Crippen LogP contribution in [0.4, 0.5) is 0 Å². The molecular weight excluding hydrogens is 675 g/mol. The average molecular weight is 726 g/mol. The van der Waals surface area contributed by atoms with Gasteiger partial charge in [0.2, 0.25) is 11.8 Å². The number of rotatable bonds is 13. The van der Waals surface area contributed by atoms with Crippen molar-refractivity contribution in [3.8, 4) is 0 Å². The first-order valence-corrected chi connectivity index (χ1v) is 18.8. The Labute approximate surface area is 310 Å². The molecule has 0 bridgehead atoms. The number of pyridine rings is 1. The molecule has 2 aromatic heterocycles. The normalized spacial score (nSPS) is 18.4. The molecule has 1 aliphatic rings. The molecule has 5 atom stereocenters. The number of carbonyl (C=O) groups is 3. The molecule has 1 unspecified atom stereocenters. The smallest absolute Gasteiger partial charge is 0.270 e. The molecule has 52 heavy (non-hydrogen) atoms. The maximum absolute atomic E-state index is 14.0. The fourth-order valence-corrected chi connectivity index (χ4v) is 7.52. The summed E-state index contributed by atoms with van der Waals surface area (Å²) in [5.41, 5.74) is 2.29. The van der Waals surface area contributed by atoms with Gasteiger partial charge in [-0.25, -0.2) is 15.0 Å². The van der Waals surface area contributed by atoms with E-state index in [1.54, 1.807) is 24.0 Å². The molecule has 0 saturated carbocycles. The van der Waals surface area contributed by atoms with E-state index in [0.717, 1.165) is 23.1 Å². The molecule has 1 fully saturated rings. The van der Waals surface area contributed by atoms with Crippen LogP contribution >= 0.6 is 11.8 Å². The number of para-hydroxylation sites is 1. The van der Waals surface area contributed by atoms with E-state index in [4.69, 9.17) is 0 Å². The summed E-state index contributed by atoms with van der Waals surface area (Å²) in [6.07, 6.45) is 2.40. The van der Waals surface area contributed by atoms with E-state index in [9.17, 15) is 19.5 Å². The van der Waals surface area contributed by atoms with E-state index in [0.29, 0.717) is 30.1 Å². The second-order valence-electron chi connectivity index (χ2n) is 15.0. The van der Waals surface area contributed by atoms with Crippen molar-refractivity contribution >= 4 is 40.4 Å². The second-order valence-corrected chi connectivity index (χ2v) is 16.2. The highest BCUT2D eigenvalue weighted by Gasteiger charge is 2.38. The van der Waals surface area contributed by atoms with Crippen molar-refractivity contribution in [3.05, 3.63) is 95.9 Å². The topological polar surface area (TPSA) is 149 Å². The van der Waals surface area contributed by atoms with Gasteiger partial charge in [-0.1, -0.05) is 80.2 Å². The Morgan fingerprint density at radius 3 is 2.40 bits per heavy atom. The summed E-state index contributed by atoms with van der Waals surface area (Å²) in [6, 6.07) is 20.4. The number of benzene rings is 2. The van der Waals surface area contributed by atoms with Crippen LogP contribution in [-0.4, -0.2) is 90.8 Å². The summed E-state index contributed by atoms with van der Waals surface area (Å²) in [5.74, 6) is -1.22. The number of piperidine rings is 1. The molecule has 2 aromatic carbocycles. The Bertz CT molecular complexity index is 1830. The standard InChI is InChI=1S/C40H51N7O4S/c1-25(2)35(45-36(49)31-17-16-28-14-10-11-15-30(28)43-31)38(51)44-32(22-27-12-8-7-9-13-27)34(48)24-47-21-19-29(52-39-41-20-18-26(3)42-39)23-33(47)37(50)46-40(4,5)6/h7-18,20,25,29,32-35,48H,19,21-24H2,1-6H3,(H,44,51)(H,45,49)(H,46,50)/t29-,32+,33?,34-,35+/m1/s1. The number of hydrogen-bond donors (Lipinski definition) is 4. The number of aryl methyl sites for hydroxylation is 1. The van der Waals surface area contributed by atoms with Crippen LogP contribution in [0, 0.1) is 12.8 Å². The van der Waals surface area contributed by atoms with E-state index >= 15 is 0 Å². The van der Waals surface area contributed by atoms with Gasteiger partial charge in [-0.15, -0.1) is 0 Å². The quantitative estimate of drug-likeness (QED) is 0.144. The summed E-state index contributed by atoms with van der Waals surface area (Å²) in [4.78, 5) is 56.6. The first kappa shape index (κ1) is 38.8. The van der Waals surface area contributed by atoms with Gasteiger partial charge in [-0.05, 0) is 76.6 Å². The first-order chi connectivity index (χ1) is 24.8. The van der Waals surface area contributed by atoms with Gasteiger partial charge in [0.25, 0.3) is 5.91 Å². The van der Waals surface area contributed by atoms with Gasteiger partial charge in [-0.3, -0.25) is 19.3 Å². The molecule has 0 radical (unpaired) electrons. The van der Waals surface area contributed by atoms with Gasteiger partial charge in [-0.2, -0.15) is 0 Å². The number of carbonyl (C=O) groups excluding carboxylic acids is 3. The van der Waals surface area contributed by atoms with Gasteiger partial charge in [0, 0.05) is 41.2 Å². The predicted octanol–water partition coefficient (Wildman–Crippen LogP) is 4.72. The second kappa shape index (κ2) is 17.4. The van der Waals surface area contributed by atoms with Crippen molar-refractivity contribution in [3.63, 3.8) is 0 Å². The van der Waals surface area contributed by atoms with Crippen molar-refractivity contribution in [1.29, 1.82) is 0 Å². The van der Waals surface area contributed by atoms with Crippen LogP contribution in [0.25, 0.3) is 10.9 Å². The average Bonchev–Trinajstić information content (AvgIpc) is 3.10. The minimum atomic E-state index is -1.02. The Hall–Kier alpha value is -4.39. The Balaban J connectivity index is 1.33. The fourth-order valence-electron chi connectivity index (χ4n) is 6.40. The lowest BCUT2D eigenvalue weighted by atomic mass is 9.95. The van der Waals surface area contributed by atoms with Gasteiger partial charge in [0.15, 0.2) is 5.16 Å². The van der Waals surface area contributed by atoms with Crippen molar-refractivity contribution in [1.82, 2.24) is 35.8 Å². The summed E-state index contributed by atoms with van der Waals surface area (Å²) in [6.45, 7) is 12.2. The van der Waals surface area contributed by atoms with E-state index in [2.05, 4.69) is 30.9 Å². The molecular formula is C40H51N7O4S. The van der Waals surface area contributed by atoms with Crippen LogP contribution in [0.5, 0.6) is 0 Å². The molecule has 276 valence electrons. The number of aromatic nitrogens is 3. The molecule has 3 heterocycles. The van der Waals surface area contributed by atoms with Crippen molar-refractivity contribution in [2.45, 2.75) is 101 Å². The minimum Gasteiger partial charge on any atom is -0.390 e. The lowest BCUT2D eigenvalue weighted by Gasteiger charge is -2.41. The van der Waals surface area contributed by atoms with Crippen LogP contribution in [0.2, 0.25) is 0 Å². The minimum absolute atomic E-state index is 0.108. The lowest BCUT2D eigenvalue weighted by Crippen LogP contribution is -2.60.